The summed E-state index contributed by atoms with van der Waals surface area (Å²) in [6, 6.07) is 0.118. The zero-order valence-corrected chi connectivity index (χ0v) is 11.7. The third kappa shape index (κ3) is 6.90. The first kappa shape index (κ1) is 17.3. The number of carbonyl (C=O) groups is 1. The van der Waals surface area contributed by atoms with Crippen molar-refractivity contribution in [3.8, 4) is 0 Å². The second-order valence-corrected chi connectivity index (χ2v) is 4.07. The monoisotopic (exact) mass is 263 g/mol. The van der Waals surface area contributed by atoms with Gasteiger partial charge in [0.15, 0.2) is 6.10 Å². The van der Waals surface area contributed by atoms with Gasteiger partial charge in [-0.25, -0.2) is 4.79 Å². The number of hydrogen-bond donors (Lipinski definition) is 1. The summed E-state index contributed by atoms with van der Waals surface area (Å²) in [6.07, 6.45) is -0.814. The fourth-order valence-electron chi connectivity index (χ4n) is 1.66. The van der Waals surface area contributed by atoms with Crippen molar-refractivity contribution in [2.24, 2.45) is 0 Å². The molecule has 0 radical (unpaired) electrons. The predicted molar refractivity (Wildman–Crippen MR) is 67.8 cm³/mol. The molecule has 0 saturated heterocycles. The van der Waals surface area contributed by atoms with E-state index in [0.29, 0.717) is 32.9 Å². The molecule has 0 aromatic heterocycles. The second kappa shape index (κ2) is 10.3. The van der Waals surface area contributed by atoms with Crippen LogP contribution in [0.5, 0.6) is 0 Å². The fourth-order valence-corrected chi connectivity index (χ4v) is 1.66. The molecule has 0 aromatic rings. The van der Waals surface area contributed by atoms with E-state index in [1.54, 1.807) is 21.1 Å². The zero-order chi connectivity index (χ0) is 14.0. The molecular weight excluding hydrogens is 238 g/mol. The number of hydrogen-bond acceptors (Lipinski definition) is 5. The minimum Gasteiger partial charge on any atom is -0.479 e. The van der Waals surface area contributed by atoms with E-state index in [2.05, 4.69) is 0 Å². The highest BCUT2D eigenvalue weighted by molar-refractivity contribution is 5.72. The highest BCUT2D eigenvalue weighted by atomic mass is 16.5. The van der Waals surface area contributed by atoms with Crippen LogP contribution in [0.4, 0.5) is 0 Å². The molecule has 0 fully saturated rings. The SMILES string of the molecule is CCOC(CN(CCOC)C(C)COC)C(=O)O. The summed E-state index contributed by atoms with van der Waals surface area (Å²) in [5, 5.41) is 9.08. The van der Waals surface area contributed by atoms with Crippen molar-refractivity contribution in [1.82, 2.24) is 4.90 Å². The van der Waals surface area contributed by atoms with Gasteiger partial charge < -0.3 is 19.3 Å². The van der Waals surface area contributed by atoms with Crippen LogP contribution in [-0.2, 0) is 19.0 Å². The molecule has 0 saturated carbocycles. The number of ether oxygens (including phenoxy) is 3. The largest absolute Gasteiger partial charge is 0.479 e. The summed E-state index contributed by atoms with van der Waals surface area (Å²) < 4.78 is 15.3. The number of carboxylic acid groups (broad SMARTS) is 1. The normalized spacial score (nSPS) is 14.7. The van der Waals surface area contributed by atoms with E-state index >= 15 is 0 Å². The van der Waals surface area contributed by atoms with Crippen LogP contribution in [0.3, 0.4) is 0 Å². The van der Waals surface area contributed by atoms with Gasteiger partial charge in [0.2, 0.25) is 0 Å². The Kier molecular flexibility index (Phi) is 9.86. The lowest BCUT2D eigenvalue weighted by molar-refractivity contribution is -0.152. The van der Waals surface area contributed by atoms with Crippen molar-refractivity contribution in [2.75, 3.05) is 47.1 Å². The van der Waals surface area contributed by atoms with E-state index in [0.717, 1.165) is 0 Å². The molecule has 0 rings (SSSR count). The van der Waals surface area contributed by atoms with Crippen LogP contribution in [-0.4, -0.2) is 75.3 Å². The summed E-state index contributed by atoms with van der Waals surface area (Å²) in [5.41, 5.74) is 0. The van der Waals surface area contributed by atoms with Crippen LogP contribution in [0, 0.1) is 0 Å². The number of methoxy groups -OCH3 is 2. The Hall–Kier alpha value is -0.690. The summed E-state index contributed by atoms with van der Waals surface area (Å²) in [5.74, 6) is -0.941. The van der Waals surface area contributed by atoms with Crippen molar-refractivity contribution in [2.45, 2.75) is 26.0 Å². The third-order valence-corrected chi connectivity index (χ3v) is 2.66. The van der Waals surface area contributed by atoms with Crippen LogP contribution in [0.25, 0.3) is 0 Å². The molecule has 0 aromatic carbocycles. The molecular formula is C12H25NO5. The maximum Gasteiger partial charge on any atom is 0.334 e. The number of rotatable bonds is 11. The molecule has 1 N–H and O–H groups in total. The van der Waals surface area contributed by atoms with Crippen LogP contribution >= 0.6 is 0 Å². The minimum atomic E-state index is -0.941. The highest BCUT2D eigenvalue weighted by Crippen LogP contribution is 2.04. The molecule has 6 heteroatoms. The third-order valence-electron chi connectivity index (χ3n) is 2.66. The Balaban J connectivity index is 4.47. The van der Waals surface area contributed by atoms with Gasteiger partial charge in [-0.05, 0) is 13.8 Å². The van der Waals surface area contributed by atoms with Crippen LogP contribution in [0.2, 0.25) is 0 Å². The second-order valence-electron chi connectivity index (χ2n) is 4.07. The summed E-state index contributed by atoms with van der Waals surface area (Å²) in [4.78, 5) is 13.1. The van der Waals surface area contributed by atoms with Crippen molar-refractivity contribution in [3.63, 3.8) is 0 Å². The number of aliphatic carboxylic acids is 1. The Morgan fingerprint density at radius 2 is 2.00 bits per heavy atom. The topological polar surface area (TPSA) is 68.2 Å². The Morgan fingerprint density at radius 3 is 2.44 bits per heavy atom. The smallest absolute Gasteiger partial charge is 0.334 e. The van der Waals surface area contributed by atoms with Gasteiger partial charge in [-0.1, -0.05) is 0 Å². The van der Waals surface area contributed by atoms with Gasteiger partial charge in [0.1, 0.15) is 0 Å². The van der Waals surface area contributed by atoms with Crippen molar-refractivity contribution in [1.29, 1.82) is 0 Å². The molecule has 18 heavy (non-hydrogen) atoms. The molecule has 108 valence electrons. The van der Waals surface area contributed by atoms with Gasteiger partial charge in [0, 0.05) is 40.0 Å². The van der Waals surface area contributed by atoms with Crippen molar-refractivity contribution in [3.05, 3.63) is 0 Å². The maximum atomic E-state index is 11.1. The van der Waals surface area contributed by atoms with E-state index in [4.69, 9.17) is 19.3 Å². The van der Waals surface area contributed by atoms with Gasteiger partial charge in [0.05, 0.1) is 13.2 Å². The van der Waals surface area contributed by atoms with E-state index in [1.165, 1.54) is 0 Å². The highest BCUT2D eigenvalue weighted by Gasteiger charge is 2.24. The first-order chi connectivity index (χ1) is 8.56. The van der Waals surface area contributed by atoms with Crippen LogP contribution in [0.15, 0.2) is 0 Å². The Labute approximate surface area is 109 Å². The quantitative estimate of drug-likeness (QED) is 0.584. The zero-order valence-electron chi connectivity index (χ0n) is 11.7. The molecule has 0 aliphatic carbocycles. The lowest BCUT2D eigenvalue weighted by Gasteiger charge is -2.30. The van der Waals surface area contributed by atoms with Crippen LogP contribution in [0.1, 0.15) is 13.8 Å². The van der Waals surface area contributed by atoms with Gasteiger partial charge in [-0.3, -0.25) is 4.90 Å². The molecule has 2 unspecified atom stereocenters. The maximum absolute atomic E-state index is 11.1. The van der Waals surface area contributed by atoms with Crippen molar-refractivity contribution >= 4 is 5.97 Å². The van der Waals surface area contributed by atoms with Gasteiger partial charge in [-0.2, -0.15) is 0 Å². The molecule has 0 aliphatic rings. The number of carboxylic acids is 1. The average molecular weight is 263 g/mol. The molecule has 0 spiro atoms. The lowest BCUT2D eigenvalue weighted by atomic mass is 10.2. The van der Waals surface area contributed by atoms with E-state index in [9.17, 15) is 4.79 Å². The summed E-state index contributed by atoms with van der Waals surface area (Å²) in [6.45, 7) is 6.23. The lowest BCUT2D eigenvalue weighted by Crippen LogP contribution is -2.46. The Morgan fingerprint density at radius 1 is 1.33 bits per heavy atom. The molecule has 0 aliphatic heterocycles. The summed E-state index contributed by atoms with van der Waals surface area (Å²) >= 11 is 0. The molecule has 0 heterocycles. The minimum absolute atomic E-state index is 0.118. The molecule has 0 bridgehead atoms. The Bertz CT molecular complexity index is 225. The van der Waals surface area contributed by atoms with E-state index in [-0.39, 0.29) is 6.04 Å². The molecule has 6 nitrogen and oxygen atoms in total. The molecule has 0 amide bonds. The van der Waals surface area contributed by atoms with E-state index < -0.39 is 12.1 Å². The first-order valence-electron chi connectivity index (χ1n) is 6.13. The van der Waals surface area contributed by atoms with Gasteiger partial charge in [0.25, 0.3) is 0 Å². The molecule has 2 atom stereocenters. The van der Waals surface area contributed by atoms with Crippen LogP contribution < -0.4 is 0 Å². The predicted octanol–water partition coefficient (Wildman–Crippen LogP) is 0.459. The van der Waals surface area contributed by atoms with Gasteiger partial charge >= 0.3 is 5.97 Å². The van der Waals surface area contributed by atoms with E-state index in [1.807, 2.05) is 11.8 Å². The summed E-state index contributed by atoms with van der Waals surface area (Å²) in [7, 11) is 3.25. The fraction of sp³-hybridized carbons (Fsp3) is 0.917. The van der Waals surface area contributed by atoms with Crippen molar-refractivity contribution < 1.29 is 24.1 Å². The van der Waals surface area contributed by atoms with Gasteiger partial charge in [-0.15, -0.1) is 0 Å². The first-order valence-corrected chi connectivity index (χ1v) is 6.13. The standard InChI is InChI=1S/C12H25NO5/c1-5-18-11(12(14)15)8-13(6-7-16-3)10(2)9-17-4/h10-11H,5-9H2,1-4H3,(H,14,15). The average Bonchev–Trinajstić information content (AvgIpc) is 2.33. The number of nitrogens with zero attached hydrogens (tertiary/aromatic N) is 1.